The molecule has 1 aliphatic carbocycles. The van der Waals surface area contributed by atoms with Gasteiger partial charge in [-0.05, 0) is 12.8 Å². The maximum absolute atomic E-state index is 10.3. The minimum atomic E-state index is -1.88. The van der Waals surface area contributed by atoms with Crippen molar-refractivity contribution in [2.24, 2.45) is 0 Å². The maximum Gasteiger partial charge on any atom is 0.324 e. The monoisotopic (exact) mass is 161 g/mol. The minimum absolute atomic E-state index is 0.139. The van der Waals surface area contributed by atoms with Crippen molar-refractivity contribution in [1.82, 2.24) is 0 Å². The van der Waals surface area contributed by atoms with E-state index in [0.717, 1.165) is 0 Å². The lowest BCUT2D eigenvalue weighted by Crippen LogP contribution is -2.44. The Labute approximate surface area is 63.8 Å². The highest BCUT2D eigenvalue weighted by atomic mass is 16.7. The van der Waals surface area contributed by atoms with E-state index in [0.29, 0.717) is 12.8 Å². The molecule has 5 heteroatoms. The number of aliphatic hydroxyl groups excluding tert-OH is 1. The molecule has 0 aromatic heterocycles. The summed E-state index contributed by atoms with van der Waals surface area (Å²) in [6.45, 7) is 0. The van der Waals surface area contributed by atoms with E-state index < -0.39 is 16.8 Å². The lowest BCUT2D eigenvalue weighted by Gasteiger charge is -2.26. The molecule has 11 heavy (non-hydrogen) atoms. The van der Waals surface area contributed by atoms with Crippen LogP contribution in [0, 0.1) is 10.1 Å². The topological polar surface area (TPSA) is 83.6 Å². The Morgan fingerprint density at radius 1 is 1.64 bits per heavy atom. The largest absolute Gasteiger partial charge is 0.393 e. The van der Waals surface area contributed by atoms with Gasteiger partial charge in [0.25, 0.3) is 0 Å². The molecule has 0 saturated heterocycles. The number of rotatable bonds is 1. The second-order valence-corrected chi connectivity index (χ2v) is 2.99. The van der Waals surface area contributed by atoms with Gasteiger partial charge in [-0.2, -0.15) is 0 Å². The van der Waals surface area contributed by atoms with Gasteiger partial charge in [-0.1, -0.05) is 0 Å². The summed E-state index contributed by atoms with van der Waals surface area (Å²) in [7, 11) is 0. The van der Waals surface area contributed by atoms with Gasteiger partial charge in [0.2, 0.25) is 0 Å². The SMILES string of the molecule is O=[N+]([O-])C1(O)CCCC(O)C1. The summed E-state index contributed by atoms with van der Waals surface area (Å²) in [6, 6.07) is 0. The van der Waals surface area contributed by atoms with Crippen LogP contribution in [0.15, 0.2) is 0 Å². The summed E-state index contributed by atoms with van der Waals surface area (Å²) < 4.78 is 0. The molecule has 2 N–H and O–H groups in total. The van der Waals surface area contributed by atoms with E-state index >= 15 is 0 Å². The van der Waals surface area contributed by atoms with Gasteiger partial charge in [-0.3, -0.25) is 10.1 Å². The van der Waals surface area contributed by atoms with Crippen molar-refractivity contribution < 1.29 is 15.1 Å². The average molecular weight is 161 g/mol. The Morgan fingerprint density at radius 2 is 2.27 bits per heavy atom. The number of nitro groups is 1. The molecular formula is C6H11NO4. The zero-order chi connectivity index (χ0) is 8.48. The lowest BCUT2D eigenvalue weighted by molar-refractivity contribution is -0.631. The van der Waals surface area contributed by atoms with Crippen LogP contribution >= 0.6 is 0 Å². The third-order valence-electron chi connectivity index (χ3n) is 2.02. The molecule has 0 heterocycles. The molecular weight excluding hydrogens is 150 g/mol. The van der Waals surface area contributed by atoms with Crippen molar-refractivity contribution in [3.63, 3.8) is 0 Å². The van der Waals surface area contributed by atoms with Crippen LogP contribution in [0.1, 0.15) is 25.7 Å². The fraction of sp³-hybridized carbons (Fsp3) is 1.00. The second kappa shape index (κ2) is 2.75. The molecule has 0 bridgehead atoms. The van der Waals surface area contributed by atoms with Gasteiger partial charge in [0.05, 0.1) is 17.4 Å². The Morgan fingerprint density at radius 3 is 2.64 bits per heavy atom. The van der Waals surface area contributed by atoms with Crippen LogP contribution in [0.25, 0.3) is 0 Å². The fourth-order valence-corrected chi connectivity index (χ4v) is 1.37. The van der Waals surface area contributed by atoms with Gasteiger partial charge in [0.1, 0.15) is 0 Å². The normalized spacial score (nSPS) is 38.5. The summed E-state index contributed by atoms with van der Waals surface area (Å²) in [5, 5.41) is 28.6. The van der Waals surface area contributed by atoms with Gasteiger partial charge < -0.3 is 10.2 Å². The van der Waals surface area contributed by atoms with Gasteiger partial charge in [-0.25, -0.2) is 0 Å². The molecule has 0 aromatic rings. The van der Waals surface area contributed by atoms with Crippen molar-refractivity contribution in [3.05, 3.63) is 10.1 Å². The van der Waals surface area contributed by atoms with Crippen molar-refractivity contribution in [2.45, 2.75) is 37.5 Å². The van der Waals surface area contributed by atoms with Crippen LogP contribution in [0.3, 0.4) is 0 Å². The van der Waals surface area contributed by atoms with E-state index in [9.17, 15) is 15.2 Å². The van der Waals surface area contributed by atoms with Crippen molar-refractivity contribution in [2.75, 3.05) is 0 Å². The average Bonchev–Trinajstić information content (AvgIpc) is 1.86. The smallest absolute Gasteiger partial charge is 0.324 e. The standard InChI is InChI=1S/C6H11NO4/c8-5-2-1-3-6(9,4-5)7(10)11/h5,8-9H,1-4H2. The highest BCUT2D eigenvalue weighted by molar-refractivity contribution is 4.77. The first-order valence-corrected chi connectivity index (χ1v) is 3.59. The van der Waals surface area contributed by atoms with Crippen LogP contribution in [-0.4, -0.2) is 27.0 Å². The molecule has 1 saturated carbocycles. The predicted octanol–water partition coefficient (Wildman–Crippen LogP) is -0.113. The Balaban J connectivity index is 2.63. The molecule has 2 unspecified atom stereocenters. The molecule has 0 radical (unpaired) electrons. The first-order valence-electron chi connectivity index (χ1n) is 3.59. The van der Waals surface area contributed by atoms with Crippen LogP contribution < -0.4 is 0 Å². The summed E-state index contributed by atoms with van der Waals surface area (Å²) in [6.07, 6.45) is 0.352. The maximum atomic E-state index is 10.3. The molecule has 0 aromatic carbocycles. The quantitative estimate of drug-likeness (QED) is 0.319. The summed E-state index contributed by atoms with van der Waals surface area (Å²) in [5.41, 5.74) is -1.88. The third-order valence-corrected chi connectivity index (χ3v) is 2.02. The van der Waals surface area contributed by atoms with Gasteiger partial charge in [0.15, 0.2) is 0 Å². The molecule has 0 spiro atoms. The first-order chi connectivity index (χ1) is 5.04. The fourth-order valence-electron chi connectivity index (χ4n) is 1.37. The van der Waals surface area contributed by atoms with E-state index in [1.807, 2.05) is 0 Å². The van der Waals surface area contributed by atoms with Crippen LogP contribution in [0.4, 0.5) is 0 Å². The highest BCUT2D eigenvalue weighted by Crippen LogP contribution is 2.28. The van der Waals surface area contributed by atoms with Crippen LogP contribution in [-0.2, 0) is 0 Å². The summed E-state index contributed by atoms with van der Waals surface area (Å²) in [4.78, 5) is 9.55. The zero-order valence-corrected chi connectivity index (χ0v) is 6.06. The molecule has 2 atom stereocenters. The van der Waals surface area contributed by atoms with E-state index in [-0.39, 0.29) is 12.8 Å². The van der Waals surface area contributed by atoms with E-state index in [4.69, 9.17) is 5.11 Å². The van der Waals surface area contributed by atoms with Gasteiger partial charge in [0, 0.05) is 6.42 Å². The van der Waals surface area contributed by atoms with Crippen molar-refractivity contribution in [3.8, 4) is 0 Å². The number of aliphatic hydroxyl groups is 2. The van der Waals surface area contributed by atoms with E-state index in [2.05, 4.69) is 0 Å². The minimum Gasteiger partial charge on any atom is -0.393 e. The molecule has 64 valence electrons. The van der Waals surface area contributed by atoms with Crippen molar-refractivity contribution in [1.29, 1.82) is 0 Å². The van der Waals surface area contributed by atoms with E-state index in [1.54, 1.807) is 0 Å². The number of hydrogen-bond donors (Lipinski definition) is 2. The lowest BCUT2D eigenvalue weighted by atomic mass is 9.90. The van der Waals surface area contributed by atoms with E-state index in [1.165, 1.54) is 0 Å². The molecule has 1 fully saturated rings. The predicted molar refractivity (Wildman–Crippen MR) is 36.4 cm³/mol. The second-order valence-electron chi connectivity index (χ2n) is 2.99. The number of nitrogens with zero attached hydrogens (tertiary/aromatic N) is 1. The van der Waals surface area contributed by atoms with Gasteiger partial charge in [-0.15, -0.1) is 0 Å². The van der Waals surface area contributed by atoms with Crippen LogP contribution in [0.2, 0.25) is 0 Å². The number of hydrogen-bond acceptors (Lipinski definition) is 4. The molecule has 0 aliphatic heterocycles. The highest BCUT2D eigenvalue weighted by Gasteiger charge is 2.44. The molecule has 0 amide bonds. The first kappa shape index (κ1) is 8.42. The third kappa shape index (κ3) is 1.66. The molecule has 1 rings (SSSR count). The molecule has 1 aliphatic rings. The van der Waals surface area contributed by atoms with Gasteiger partial charge >= 0.3 is 5.72 Å². The summed E-state index contributed by atoms with van der Waals surface area (Å²) in [5.74, 6) is 0. The Kier molecular flexibility index (Phi) is 2.10. The van der Waals surface area contributed by atoms with Crippen LogP contribution in [0.5, 0.6) is 0 Å². The Hall–Kier alpha value is -0.680. The Bertz CT molecular complexity index is 172. The zero-order valence-electron chi connectivity index (χ0n) is 6.06. The molecule has 5 nitrogen and oxygen atoms in total. The summed E-state index contributed by atoms with van der Waals surface area (Å²) >= 11 is 0. The van der Waals surface area contributed by atoms with Crippen molar-refractivity contribution >= 4 is 0 Å².